The third kappa shape index (κ3) is 7.34. The summed E-state index contributed by atoms with van der Waals surface area (Å²) in [5.41, 5.74) is 0.977. The average Bonchev–Trinajstić information content (AvgIpc) is 2.73. The smallest absolute Gasteiger partial charge is 0.261 e. The SMILES string of the molecule is CCC(C)NC(=O)C(CC)N(Cc1ccccc1)C(=O)COc1ccc(I)cc1. The number of nitrogens with zero attached hydrogens (tertiary/aromatic N) is 1. The summed E-state index contributed by atoms with van der Waals surface area (Å²) in [5, 5.41) is 3.01. The van der Waals surface area contributed by atoms with Crippen LogP contribution in [-0.4, -0.2) is 35.4 Å². The normalized spacial score (nSPS) is 12.7. The number of hydrogen-bond donors (Lipinski definition) is 1. The Bertz CT molecular complexity index is 780. The summed E-state index contributed by atoms with van der Waals surface area (Å²) in [5.74, 6) is 0.300. The minimum atomic E-state index is -0.544. The van der Waals surface area contributed by atoms with Gasteiger partial charge in [0.2, 0.25) is 5.91 Å². The first kappa shape index (κ1) is 23.2. The highest BCUT2D eigenvalue weighted by atomic mass is 127. The predicted octanol–water partition coefficient (Wildman–Crippen LogP) is 4.39. The second-order valence-electron chi connectivity index (χ2n) is 6.99. The van der Waals surface area contributed by atoms with Crippen LogP contribution in [0.3, 0.4) is 0 Å². The molecule has 2 unspecified atom stereocenters. The molecule has 29 heavy (non-hydrogen) atoms. The van der Waals surface area contributed by atoms with Gasteiger partial charge in [-0.1, -0.05) is 44.2 Å². The molecule has 0 saturated carbocycles. The first-order chi connectivity index (χ1) is 13.9. The van der Waals surface area contributed by atoms with E-state index in [1.165, 1.54) is 0 Å². The molecule has 1 N–H and O–H groups in total. The zero-order valence-electron chi connectivity index (χ0n) is 17.2. The van der Waals surface area contributed by atoms with Gasteiger partial charge in [0, 0.05) is 16.2 Å². The van der Waals surface area contributed by atoms with Crippen molar-refractivity contribution >= 4 is 34.4 Å². The van der Waals surface area contributed by atoms with Crippen molar-refractivity contribution in [2.45, 2.75) is 52.2 Å². The maximum absolute atomic E-state index is 13.1. The standard InChI is InChI=1S/C23H29IN2O3/c1-4-17(3)25-23(28)21(5-2)26(15-18-9-7-6-8-10-18)22(27)16-29-20-13-11-19(24)12-14-20/h6-14,17,21H,4-5,15-16H2,1-3H3,(H,25,28). The van der Waals surface area contributed by atoms with Crippen LogP contribution in [0.25, 0.3) is 0 Å². The van der Waals surface area contributed by atoms with Gasteiger partial charge in [-0.15, -0.1) is 0 Å². The van der Waals surface area contributed by atoms with Gasteiger partial charge in [-0.2, -0.15) is 0 Å². The topological polar surface area (TPSA) is 58.6 Å². The van der Waals surface area contributed by atoms with E-state index in [1.54, 1.807) is 4.90 Å². The second-order valence-corrected chi connectivity index (χ2v) is 8.24. The van der Waals surface area contributed by atoms with Crippen LogP contribution in [-0.2, 0) is 16.1 Å². The van der Waals surface area contributed by atoms with Crippen molar-refractivity contribution < 1.29 is 14.3 Å². The molecule has 2 amide bonds. The Morgan fingerprint density at radius 2 is 1.69 bits per heavy atom. The van der Waals surface area contributed by atoms with Gasteiger partial charge >= 0.3 is 0 Å². The molecule has 2 aromatic carbocycles. The molecule has 0 heterocycles. The molecule has 5 nitrogen and oxygen atoms in total. The van der Waals surface area contributed by atoms with E-state index < -0.39 is 6.04 Å². The van der Waals surface area contributed by atoms with Crippen LogP contribution >= 0.6 is 22.6 Å². The van der Waals surface area contributed by atoms with E-state index in [2.05, 4.69) is 27.9 Å². The summed E-state index contributed by atoms with van der Waals surface area (Å²) in [6.45, 7) is 6.16. The third-order valence-electron chi connectivity index (χ3n) is 4.76. The van der Waals surface area contributed by atoms with Crippen LogP contribution < -0.4 is 10.1 Å². The fourth-order valence-electron chi connectivity index (χ4n) is 2.90. The van der Waals surface area contributed by atoms with Gasteiger partial charge in [0.25, 0.3) is 5.91 Å². The third-order valence-corrected chi connectivity index (χ3v) is 5.48. The molecule has 0 fully saturated rings. The lowest BCUT2D eigenvalue weighted by Crippen LogP contribution is -2.51. The summed E-state index contributed by atoms with van der Waals surface area (Å²) >= 11 is 2.22. The van der Waals surface area contributed by atoms with Crippen molar-refractivity contribution in [3.63, 3.8) is 0 Å². The molecule has 0 aliphatic heterocycles. The average molecular weight is 508 g/mol. The summed E-state index contributed by atoms with van der Waals surface area (Å²) < 4.78 is 6.79. The molecule has 0 bridgehead atoms. The van der Waals surface area contributed by atoms with Crippen LogP contribution in [0.5, 0.6) is 5.75 Å². The molecule has 0 aliphatic rings. The molecule has 0 saturated heterocycles. The fourth-order valence-corrected chi connectivity index (χ4v) is 3.26. The van der Waals surface area contributed by atoms with Gasteiger partial charge in [-0.05, 0) is 72.2 Å². The molecule has 0 radical (unpaired) electrons. The molecule has 0 spiro atoms. The van der Waals surface area contributed by atoms with Crippen molar-refractivity contribution in [1.82, 2.24) is 10.2 Å². The minimum Gasteiger partial charge on any atom is -0.484 e. The number of nitrogens with one attached hydrogen (secondary N) is 1. The number of carbonyl (C=O) groups is 2. The van der Waals surface area contributed by atoms with E-state index in [0.717, 1.165) is 15.6 Å². The first-order valence-electron chi connectivity index (χ1n) is 9.96. The van der Waals surface area contributed by atoms with Gasteiger partial charge in [-0.25, -0.2) is 0 Å². The predicted molar refractivity (Wildman–Crippen MR) is 124 cm³/mol. The number of amides is 2. The van der Waals surface area contributed by atoms with Crippen molar-refractivity contribution in [2.75, 3.05) is 6.61 Å². The molecular formula is C23H29IN2O3. The highest BCUT2D eigenvalue weighted by Crippen LogP contribution is 2.16. The van der Waals surface area contributed by atoms with E-state index in [1.807, 2.05) is 75.4 Å². The minimum absolute atomic E-state index is 0.0632. The summed E-state index contributed by atoms with van der Waals surface area (Å²) in [6.07, 6.45) is 1.37. The van der Waals surface area contributed by atoms with Gasteiger partial charge in [0.05, 0.1) is 0 Å². The van der Waals surface area contributed by atoms with Crippen LogP contribution in [0.15, 0.2) is 54.6 Å². The number of hydrogen-bond acceptors (Lipinski definition) is 3. The van der Waals surface area contributed by atoms with E-state index >= 15 is 0 Å². The number of halogens is 1. The van der Waals surface area contributed by atoms with Crippen LogP contribution in [0.1, 0.15) is 39.2 Å². The Kier molecular flexibility index (Phi) is 9.44. The lowest BCUT2D eigenvalue weighted by Gasteiger charge is -2.31. The number of carbonyl (C=O) groups excluding carboxylic acids is 2. The van der Waals surface area contributed by atoms with Crippen molar-refractivity contribution in [3.8, 4) is 5.75 Å². The Balaban J connectivity index is 2.16. The van der Waals surface area contributed by atoms with Gasteiger partial charge in [0.1, 0.15) is 11.8 Å². The highest BCUT2D eigenvalue weighted by molar-refractivity contribution is 14.1. The zero-order valence-corrected chi connectivity index (χ0v) is 19.4. The van der Waals surface area contributed by atoms with E-state index in [4.69, 9.17) is 4.74 Å². The lowest BCUT2D eigenvalue weighted by atomic mass is 10.1. The molecule has 2 aromatic rings. The monoisotopic (exact) mass is 508 g/mol. The maximum atomic E-state index is 13.1. The second kappa shape index (κ2) is 11.8. The molecule has 2 atom stereocenters. The summed E-state index contributed by atoms with van der Waals surface area (Å²) in [7, 11) is 0. The van der Waals surface area contributed by atoms with E-state index in [-0.39, 0.29) is 24.5 Å². The van der Waals surface area contributed by atoms with Crippen LogP contribution in [0, 0.1) is 3.57 Å². The van der Waals surface area contributed by atoms with Gasteiger partial charge in [-0.3, -0.25) is 9.59 Å². The van der Waals surface area contributed by atoms with Crippen molar-refractivity contribution in [3.05, 3.63) is 63.7 Å². The van der Waals surface area contributed by atoms with E-state index in [0.29, 0.717) is 18.7 Å². The quantitative estimate of drug-likeness (QED) is 0.485. The Labute approximate surface area is 187 Å². The van der Waals surface area contributed by atoms with Crippen molar-refractivity contribution in [2.24, 2.45) is 0 Å². The number of ether oxygens (including phenoxy) is 1. The molecule has 156 valence electrons. The van der Waals surface area contributed by atoms with Gasteiger partial charge in [0.15, 0.2) is 6.61 Å². The molecule has 0 aromatic heterocycles. The van der Waals surface area contributed by atoms with Crippen molar-refractivity contribution in [1.29, 1.82) is 0 Å². The highest BCUT2D eigenvalue weighted by Gasteiger charge is 2.29. The molecule has 2 rings (SSSR count). The summed E-state index contributed by atoms with van der Waals surface area (Å²) in [6, 6.07) is 16.8. The van der Waals surface area contributed by atoms with Gasteiger partial charge < -0.3 is 15.0 Å². The number of benzene rings is 2. The zero-order chi connectivity index (χ0) is 21.2. The summed E-state index contributed by atoms with van der Waals surface area (Å²) in [4.78, 5) is 27.5. The number of rotatable bonds is 10. The molecular weight excluding hydrogens is 479 g/mol. The van der Waals surface area contributed by atoms with Crippen LogP contribution in [0.4, 0.5) is 0 Å². The van der Waals surface area contributed by atoms with E-state index in [9.17, 15) is 9.59 Å². The Morgan fingerprint density at radius 1 is 1.03 bits per heavy atom. The Morgan fingerprint density at radius 3 is 2.28 bits per heavy atom. The molecule has 0 aliphatic carbocycles. The molecule has 6 heteroatoms. The lowest BCUT2D eigenvalue weighted by molar-refractivity contribution is -0.143. The maximum Gasteiger partial charge on any atom is 0.261 e. The first-order valence-corrected chi connectivity index (χ1v) is 11.0. The largest absolute Gasteiger partial charge is 0.484 e. The Hall–Kier alpha value is -2.09. The van der Waals surface area contributed by atoms with Crippen LogP contribution in [0.2, 0.25) is 0 Å². The fraction of sp³-hybridized carbons (Fsp3) is 0.391.